The first-order chi connectivity index (χ1) is 18.9. The lowest BCUT2D eigenvalue weighted by atomic mass is 10.0. The third kappa shape index (κ3) is 4.42. The average Bonchev–Trinajstić information content (AvgIpc) is 3.33. The van der Waals surface area contributed by atoms with E-state index in [4.69, 9.17) is 0 Å². The number of pyridine rings is 2. The zero-order valence-corrected chi connectivity index (χ0v) is 22.1. The van der Waals surface area contributed by atoms with E-state index < -0.39 is 0 Å². The molecule has 5 heterocycles. The Kier molecular flexibility index (Phi) is 6.32. The third-order valence-electron chi connectivity index (χ3n) is 7.08. The second-order valence-electron chi connectivity index (χ2n) is 9.61. The Hall–Kier alpha value is -4.57. The number of urea groups is 1. The van der Waals surface area contributed by atoms with Gasteiger partial charge in [-0.15, -0.1) is 11.3 Å². The fourth-order valence-corrected chi connectivity index (χ4v) is 6.20. The van der Waals surface area contributed by atoms with Crippen LogP contribution in [0, 0.1) is 6.92 Å². The number of nitrogens with one attached hydrogen (secondary N) is 2. The number of benzene rings is 1. The molecule has 0 aliphatic carbocycles. The summed E-state index contributed by atoms with van der Waals surface area (Å²) in [5.41, 5.74) is 4.35. The van der Waals surface area contributed by atoms with Gasteiger partial charge >= 0.3 is 6.03 Å². The van der Waals surface area contributed by atoms with Crippen LogP contribution in [-0.4, -0.2) is 51.8 Å². The van der Waals surface area contributed by atoms with Crippen molar-refractivity contribution in [3.63, 3.8) is 0 Å². The molecule has 4 amide bonds. The van der Waals surface area contributed by atoms with Crippen LogP contribution < -0.4 is 15.5 Å². The van der Waals surface area contributed by atoms with E-state index in [1.165, 1.54) is 17.4 Å². The molecule has 1 fully saturated rings. The van der Waals surface area contributed by atoms with Crippen molar-refractivity contribution in [1.29, 1.82) is 0 Å². The highest BCUT2D eigenvalue weighted by Gasteiger charge is 2.34. The van der Waals surface area contributed by atoms with Crippen molar-refractivity contribution in [1.82, 2.24) is 20.2 Å². The molecule has 1 saturated heterocycles. The van der Waals surface area contributed by atoms with Crippen LogP contribution in [0.25, 0.3) is 21.5 Å². The van der Waals surface area contributed by atoms with Crippen LogP contribution in [0.3, 0.4) is 0 Å². The Morgan fingerprint density at radius 1 is 1.18 bits per heavy atom. The van der Waals surface area contributed by atoms with Crippen molar-refractivity contribution >= 4 is 56.5 Å². The maximum atomic E-state index is 13.6. The molecule has 1 atom stereocenters. The fraction of sp³-hybridized carbons (Fsp3) is 0.207. The number of amides is 4. The van der Waals surface area contributed by atoms with Gasteiger partial charge in [-0.2, -0.15) is 0 Å². The quantitative estimate of drug-likeness (QED) is 0.337. The number of carbonyl (C=O) groups is 3. The Bertz CT molecular complexity index is 1630. The summed E-state index contributed by atoms with van der Waals surface area (Å²) >= 11 is 1.24. The van der Waals surface area contributed by atoms with Gasteiger partial charge in [0.15, 0.2) is 0 Å². The molecule has 2 aliphatic rings. The number of piperidine rings is 1. The molecular weight excluding hydrogens is 512 g/mol. The van der Waals surface area contributed by atoms with Crippen molar-refractivity contribution in [2.75, 3.05) is 23.3 Å². The van der Waals surface area contributed by atoms with E-state index in [1.54, 1.807) is 28.3 Å². The Morgan fingerprint density at radius 2 is 2.00 bits per heavy atom. The number of hydrogen-bond acceptors (Lipinski definition) is 6. The number of likely N-dealkylation sites (tertiary alicyclic amines) is 1. The van der Waals surface area contributed by atoms with E-state index in [9.17, 15) is 14.4 Å². The van der Waals surface area contributed by atoms with Gasteiger partial charge in [-0.3, -0.25) is 19.5 Å². The number of nitrogens with zero attached hydrogens (tertiary/aromatic N) is 4. The molecule has 6 rings (SSSR count). The molecule has 3 aromatic heterocycles. The van der Waals surface area contributed by atoms with Gasteiger partial charge in [-0.05, 0) is 43.5 Å². The molecule has 2 N–H and O–H groups in total. The van der Waals surface area contributed by atoms with Crippen LogP contribution in [-0.2, 0) is 4.79 Å². The van der Waals surface area contributed by atoms with Crippen LogP contribution in [0.5, 0.6) is 0 Å². The van der Waals surface area contributed by atoms with E-state index in [0.29, 0.717) is 39.9 Å². The molecule has 39 heavy (non-hydrogen) atoms. The van der Waals surface area contributed by atoms with E-state index in [1.807, 2.05) is 43.3 Å². The molecule has 196 valence electrons. The fourth-order valence-electron chi connectivity index (χ4n) is 5.18. The minimum absolute atomic E-state index is 0.145. The average molecular weight is 539 g/mol. The maximum absolute atomic E-state index is 13.6. The molecule has 0 unspecified atom stereocenters. The summed E-state index contributed by atoms with van der Waals surface area (Å²) in [6, 6.07) is 12.9. The summed E-state index contributed by atoms with van der Waals surface area (Å²) in [5, 5.41) is 6.74. The molecule has 9 nitrogen and oxygen atoms in total. The number of aromatic nitrogens is 2. The second-order valence-corrected chi connectivity index (χ2v) is 10.6. The summed E-state index contributed by atoms with van der Waals surface area (Å²) in [6.45, 7) is 6.54. The summed E-state index contributed by atoms with van der Waals surface area (Å²) in [4.78, 5) is 52.5. The lowest BCUT2D eigenvalue weighted by molar-refractivity contribution is -0.127. The monoisotopic (exact) mass is 538 g/mol. The van der Waals surface area contributed by atoms with Gasteiger partial charge in [-0.25, -0.2) is 9.78 Å². The first-order valence-electron chi connectivity index (χ1n) is 12.7. The van der Waals surface area contributed by atoms with Crippen molar-refractivity contribution in [2.45, 2.75) is 25.8 Å². The molecule has 0 spiro atoms. The molecule has 0 saturated carbocycles. The Balaban J connectivity index is 1.36. The number of thiophene rings is 1. The van der Waals surface area contributed by atoms with Crippen LogP contribution in [0.2, 0.25) is 0 Å². The van der Waals surface area contributed by atoms with Crippen LogP contribution in [0.15, 0.2) is 67.5 Å². The largest absolute Gasteiger partial charge is 0.347 e. The predicted molar refractivity (Wildman–Crippen MR) is 152 cm³/mol. The number of carbonyl (C=O) groups excluding carboxylic acids is 3. The van der Waals surface area contributed by atoms with Crippen molar-refractivity contribution in [2.24, 2.45) is 0 Å². The highest BCUT2D eigenvalue weighted by Crippen LogP contribution is 2.46. The lowest BCUT2D eigenvalue weighted by Gasteiger charge is -2.32. The van der Waals surface area contributed by atoms with Crippen LogP contribution in [0.1, 0.15) is 28.1 Å². The number of aryl methyl sites for hydroxylation is 1. The smallest absolute Gasteiger partial charge is 0.331 e. The summed E-state index contributed by atoms with van der Waals surface area (Å²) in [5.74, 6) is -0.439. The van der Waals surface area contributed by atoms with Crippen molar-refractivity contribution < 1.29 is 14.4 Å². The van der Waals surface area contributed by atoms with Crippen molar-refractivity contribution in [3.05, 3.63) is 78.0 Å². The lowest BCUT2D eigenvalue weighted by Crippen LogP contribution is -2.49. The van der Waals surface area contributed by atoms with E-state index >= 15 is 0 Å². The van der Waals surface area contributed by atoms with Gasteiger partial charge in [0, 0.05) is 37.1 Å². The van der Waals surface area contributed by atoms with Gasteiger partial charge in [0.1, 0.15) is 9.71 Å². The van der Waals surface area contributed by atoms with Gasteiger partial charge in [0.25, 0.3) is 5.91 Å². The first-order valence-corrected chi connectivity index (χ1v) is 13.5. The van der Waals surface area contributed by atoms with Crippen molar-refractivity contribution in [3.8, 4) is 11.3 Å². The van der Waals surface area contributed by atoms with Crippen LogP contribution >= 0.6 is 11.3 Å². The molecule has 2 aliphatic heterocycles. The third-order valence-corrected chi connectivity index (χ3v) is 8.18. The summed E-state index contributed by atoms with van der Waals surface area (Å²) < 4.78 is 0. The zero-order valence-electron chi connectivity index (χ0n) is 21.3. The molecular formula is C29H26N6O3S. The molecule has 0 bridgehead atoms. The van der Waals surface area contributed by atoms with Gasteiger partial charge in [-0.1, -0.05) is 36.9 Å². The molecule has 1 aromatic carbocycles. The predicted octanol–water partition coefficient (Wildman–Crippen LogP) is 5.26. The topological polar surface area (TPSA) is 108 Å². The maximum Gasteiger partial charge on any atom is 0.331 e. The minimum atomic E-state index is -0.365. The number of hydrogen-bond donors (Lipinski definition) is 2. The van der Waals surface area contributed by atoms with E-state index in [0.717, 1.165) is 35.0 Å². The van der Waals surface area contributed by atoms with E-state index in [2.05, 4.69) is 27.2 Å². The summed E-state index contributed by atoms with van der Waals surface area (Å²) in [7, 11) is 0. The molecule has 0 radical (unpaired) electrons. The number of rotatable bonds is 5. The number of anilines is 3. The van der Waals surface area contributed by atoms with Gasteiger partial charge < -0.3 is 15.5 Å². The highest BCUT2D eigenvalue weighted by molar-refractivity contribution is 7.21. The van der Waals surface area contributed by atoms with E-state index in [-0.39, 0.29) is 23.9 Å². The Labute approximate surface area is 229 Å². The zero-order chi connectivity index (χ0) is 27.1. The van der Waals surface area contributed by atoms with Gasteiger partial charge in [0.2, 0.25) is 5.91 Å². The second kappa shape index (κ2) is 9.95. The standard InChI is InChI=1S/C29H26N6O3S/c1-3-23(36)34-13-7-10-19(16-34)32-27(37)26-25-24-21(11-12-30-28(24)39-26)35(29(38)33-25)22-14-20(31-15-17(22)2)18-8-5-4-6-9-18/h3-6,8-9,11-12,14-15,19H,1,7,10,13,16H2,2H3,(H,32,37)(H,33,38)/t19-/m1/s1. The Morgan fingerprint density at radius 3 is 2.79 bits per heavy atom. The van der Waals surface area contributed by atoms with Gasteiger partial charge in [0.05, 0.1) is 28.1 Å². The normalized spacial score (nSPS) is 16.6. The minimum Gasteiger partial charge on any atom is -0.347 e. The first kappa shape index (κ1) is 24.7. The summed E-state index contributed by atoms with van der Waals surface area (Å²) in [6.07, 6.45) is 6.26. The molecule has 4 aromatic rings. The van der Waals surface area contributed by atoms with Crippen LogP contribution in [0.4, 0.5) is 21.9 Å². The molecule has 10 heteroatoms. The SMILES string of the molecule is C=CC(=O)N1CCC[C@@H](NC(=O)c2sc3nccc4c3c2NC(=O)N4c2cc(-c3ccccc3)ncc2C)C1. The highest BCUT2D eigenvalue weighted by atomic mass is 32.1.